The zero-order chi connectivity index (χ0) is 34.3. The lowest BCUT2D eigenvalue weighted by molar-refractivity contribution is -0.142. The second-order valence-electron chi connectivity index (χ2n) is 13.8. The number of urea groups is 2. The molecule has 0 bridgehead atoms. The van der Waals surface area contributed by atoms with Crippen LogP contribution >= 0.6 is 0 Å². The fourth-order valence-electron chi connectivity index (χ4n) is 6.77. The number of rotatable bonds is 13. The van der Waals surface area contributed by atoms with Gasteiger partial charge in [-0.2, -0.15) is 0 Å². The highest BCUT2D eigenvalue weighted by Crippen LogP contribution is 2.42. The van der Waals surface area contributed by atoms with Crippen LogP contribution in [0.25, 0.3) is 0 Å². The lowest BCUT2D eigenvalue weighted by atomic mass is 9.80. The Morgan fingerprint density at radius 2 is 1.51 bits per heavy atom. The van der Waals surface area contributed by atoms with Gasteiger partial charge in [-0.1, -0.05) is 77.3 Å². The molecule has 1 aliphatic heterocycles. The molecule has 2 fully saturated rings. The van der Waals surface area contributed by atoms with Gasteiger partial charge < -0.3 is 26.0 Å². The van der Waals surface area contributed by atoms with E-state index in [9.17, 15) is 29.1 Å². The number of hydrogen-bond acceptors (Lipinski definition) is 5. The van der Waals surface area contributed by atoms with Crippen molar-refractivity contribution in [1.29, 1.82) is 0 Å². The van der Waals surface area contributed by atoms with Gasteiger partial charge in [0.25, 0.3) is 5.91 Å². The quantitative estimate of drug-likeness (QED) is 0.182. The zero-order valence-electron chi connectivity index (χ0n) is 28.2. The summed E-state index contributed by atoms with van der Waals surface area (Å²) in [5, 5.41) is 18.0. The number of anilines is 2. The molecule has 11 heteroatoms. The summed E-state index contributed by atoms with van der Waals surface area (Å²) < 4.78 is 0. The minimum atomic E-state index is -1.06. The number of hydrogen-bond donors (Lipinski definition) is 4. The van der Waals surface area contributed by atoms with Crippen molar-refractivity contribution in [3.8, 4) is 0 Å². The van der Waals surface area contributed by atoms with Crippen molar-refractivity contribution in [3.63, 3.8) is 0 Å². The van der Waals surface area contributed by atoms with Crippen molar-refractivity contribution in [3.05, 3.63) is 59.7 Å². The molecule has 2 aromatic carbocycles. The van der Waals surface area contributed by atoms with Gasteiger partial charge in [0.15, 0.2) is 0 Å². The molecule has 1 spiro atoms. The number of carboxylic acids is 1. The van der Waals surface area contributed by atoms with Crippen LogP contribution < -0.4 is 16.0 Å². The van der Waals surface area contributed by atoms with Gasteiger partial charge in [-0.3, -0.25) is 14.4 Å². The zero-order valence-corrected chi connectivity index (χ0v) is 28.2. The highest BCUT2D eigenvalue weighted by atomic mass is 16.4. The summed E-state index contributed by atoms with van der Waals surface area (Å²) in [5.41, 5.74) is 1.96. The SMILES string of the molecule is Cc1ccccc1NC(=O)Nc1ccc(CN2C(=O)N(C(CC(C)C)C(=O)NC(CC(=O)O)CC(C)C)C(=O)C23CCCCC3)cc1. The Kier molecular flexibility index (Phi) is 11.7. The summed E-state index contributed by atoms with van der Waals surface area (Å²) in [6.45, 7) is 9.84. The number of carbonyl (C=O) groups excluding carboxylic acids is 4. The van der Waals surface area contributed by atoms with E-state index in [2.05, 4.69) is 16.0 Å². The maximum atomic E-state index is 14.3. The Hall–Kier alpha value is -4.41. The van der Waals surface area contributed by atoms with Gasteiger partial charge in [0.1, 0.15) is 11.6 Å². The molecule has 1 heterocycles. The molecular formula is C36H49N5O6. The third kappa shape index (κ3) is 8.69. The van der Waals surface area contributed by atoms with Crippen LogP contribution in [-0.2, 0) is 20.9 Å². The number of aliphatic carboxylic acids is 1. The van der Waals surface area contributed by atoms with Gasteiger partial charge in [0.05, 0.1) is 6.42 Å². The molecule has 6 amide bonds. The first-order chi connectivity index (χ1) is 22.3. The smallest absolute Gasteiger partial charge is 0.328 e. The van der Waals surface area contributed by atoms with Crippen molar-refractivity contribution in [1.82, 2.24) is 15.1 Å². The van der Waals surface area contributed by atoms with Crippen LogP contribution in [0.1, 0.15) is 90.2 Å². The number of carbonyl (C=O) groups is 5. The van der Waals surface area contributed by atoms with Crippen molar-refractivity contribution >= 4 is 41.2 Å². The summed E-state index contributed by atoms with van der Waals surface area (Å²) in [7, 11) is 0. The number of nitrogens with one attached hydrogen (secondary N) is 3. The van der Waals surface area contributed by atoms with Crippen LogP contribution in [-0.4, -0.2) is 62.4 Å². The van der Waals surface area contributed by atoms with E-state index in [0.717, 1.165) is 35.3 Å². The van der Waals surface area contributed by atoms with Crippen LogP contribution in [0.4, 0.5) is 21.0 Å². The first-order valence-corrected chi connectivity index (χ1v) is 16.7. The number of carboxylic acid groups (broad SMARTS) is 1. The Labute approximate surface area is 277 Å². The van der Waals surface area contributed by atoms with Gasteiger partial charge in [0, 0.05) is 24.0 Å². The molecule has 4 N–H and O–H groups in total. The van der Waals surface area contributed by atoms with E-state index in [1.54, 1.807) is 17.0 Å². The maximum absolute atomic E-state index is 14.3. The van der Waals surface area contributed by atoms with Gasteiger partial charge in [0.2, 0.25) is 5.91 Å². The number of para-hydroxylation sites is 1. The van der Waals surface area contributed by atoms with Gasteiger partial charge in [-0.25, -0.2) is 14.5 Å². The van der Waals surface area contributed by atoms with Crippen LogP contribution in [0.15, 0.2) is 48.5 Å². The molecule has 2 aromatic rings. The molecule has 47 heavy (non-hydrogen) atoms. The highest BCUT2D eigenvalue weighted by Gasteiger charge is 2.59. The topological polar surface area (TPSA) is 148 Å². The first-order valence-electron chi connectivity index (χ1n) is 16.7. The lowest BCUT2D eigenvalue weighted by Gasteiger charge is -2.38. The minimum absolute atomic E-state index is 0.00576. The standard InChI is InChI=1S/C36H49N5O6/c1-23(2)19-28(21-31(42)43)37-32(44)30(20-24(3)4)41-33(45)36(17-9-6-10-18-36)40(35(41)47)22-26-13-15-27(16-14-26)38-34(46)39-29-12-8-7-11-25(29)5/h7-8,11-16,23-24,28,30H,6,9-10,17-22H2,1-5H3,(H,37,44)(H,42,43)(H2,38,39,46). The van der Waals surface area contributed by atoms with E-state index in [1.807, 2.05) is 71.0 Å². The number of aryl methyl sites for hydroxylation is 1. The first kappa shape index (κ1) is 35.4. The van der Waals surface area contributed by atoms with Crippen LogP contribution in [0.2, 0.25) is 0 Å². The molecule has 1 saturated carbocycles. The number of benzene rings is 2. The predicted octanol–water partition coefficient (Wildman–Crippen LogP) is 6.53. The van der Waals surface area contributed by atoms with Crippen LogP contribution in [0.3, 0.4) is 0 Å². The van der Waals surface area contributed by atoms with Crippen LogP contribution in [0.5, 0.6) is 0 Å². The average molecular weight is 648 g/mol. The molecule has 254 valence electrons. The van der Waals surface area contributed by atoms with E-state index in [1.165, 1.54) is 0 Å². The fourth-order valence-corrected chi connectivity index (χ4v) is 6.77. The Balaban J connectivity index is 1.55. The molecule has 2 atom stereocenters. The molecule has 2 aliphatic rings. The van der Waals surface area contributed by atoms with Gasteiger partial charge in [-0.15, -0.1) is 0 Å². The van der Waals surface area contributed by atoms with E-state index < -0.39 is 35.5 Å². The van der Waals surface area contributed by atoms with E-state index in [4.69, 9.17) is 0 Å². The molecule has 0 aromatic heterocycles. The van der Waals surface area contributed by atoms with Crippen molar-refractivity contribution in [2.24, 2.45) is 11.8 Å². The lowest BCUT2D eigenvalue weighted by Crippen LogP contribution is -2.54. The Morgan fingerprint density at radius 1 is 0.872 bits per heavy atom. The number of imide groups is 1. The summed E-state index contributed by atoms with van der Waals surface area (Å²) in [4.78, 5) is 69.4. The fraction of sp³-hybridized carbons (Fsp3) is 0.528. The van der Waals surface area contributed by atoms with Crippen molar-refractivity contribution in [2.45, 2.75) is 110 Å². The second kappa shape index (κ2) is 15.5. The predicted molar refractivity (Wildman–Crippen MR) is 181 cm³/mol. The summed E-state index contributed by atoms with van der Waals surface area (Å²) in [6.07, 6.45) is 4.05. The highest BCUT2D eigenvalue weighted by molar-refractivity contribution is 6.10. The normalized spacial score (nSPS) is 17.3. The van der Waals surface area contributed by atoms with E-state index in [-0.39, 0.29) is 43.2 Å². The van der Waals surface area contributed by atoms with Crippen molar-refractivity contribution in [2.75, 3.05) is 10.6 Å². The van der Waals surface area contributed by atoms with E-state index >= 15 is 0 Å². The molecule has 0 radical (unpaired) electrons. The molecule has 1 saturated heterocycles. The summed E-state index contributed by atoms with van der Waals surface area (Å²) in [5.74, 6) is -1.74. The van der Waals surface area contributed by atoms with E-state index in [0.29, 0.717) is 30.6 Å². The third-order valence-electron chi connectivity index (χ3n) is 9.03. The van der Waals surface area contributed by atoms with Crippen molar-refractivity contribution < 1.29 is 29.1 Å². The monoisotopic (exact) mass is 647 g/mol. The average Bonchev–Trinajstić information content (AvgIpc) is 3.18. The molecule has 2 unspecified atom stereocenters. The number of nitrogens with zero attached hydrogens (tertiary/aromatic N) is 2. The van der Waals surface area contributed by atoms with Gasteiger partial charge >= 0.3 is 18.0 Å². The maximum Gasteiger partial charge on any atom is 0.328 e. The molecule has 1 aliphatic carbocycles. The summed E-state index contributed by atoms with van der Waals surface area (Å²) in [6, 6.07) is 12.1. The Bertz CT molecular complexity index is 1450. The second-order valence-corrected chi connectivity index (χ2v) is 13.8. The van der Waals surface area contributed by atoms with Crippen LogP contribution in [0, 0.1) is 18.8 Å². The molecule has 11 nitrogen and oxygen atoms in total. The minimum Gasteiger partial charge on any atom is -0.481 e. The summed E-state index contributed by atoms with van der Waals surface area (Å²) >= 11 is 0. The van der Waals surface area contributed by atoms with Gasteiger partial charge in [-0.05, 0) is 73.8 Å². The Morgan fingerprint density at radius 3 is 2.11 bits per heavy atom. The molecule has 4 rings (SSSR count). The third-order valence-corrected chi connectivity index (χ3v) is 9.03. The largest absolute Gasteiger partial charge is 0.481 e. The number of amides is 6. The molecular weight excluding hydrogens is 598 g/mol.